The van der Waals surface area contributed by atoms with Crippen LogP contribution in [0.15, 0.2) is 29.3 Å². The quantitative estimate of drug-likeness (QED) is 0.674. The summed E-state index contributed by atoms with van der Waals surface area (Å²) in [6.07, 6.45) is 4.76. The third kappa shape index (κ3) is 3.39. The summed E-state index contributed by atoms with van der Waals surface area (Å²) in [5.74, 6) is 0.439. The van der Waals surface area contributed by atoms with Crippen LogP contribution in [0, 0.1) is 6.92 Å². The molecule has 0 bridgehead atoms. The van der Waals surface area contributed by atoms with Gasteiger partial charge in [0.2, 0.25) is 5.13 Å². The molecule has 0 spiro atoms. The minimum Gasteiger partial charge on any atom is -0.370 e. The van der Waals surface area contributed by atoms with Crippen molar-refractivity contribution in [3.8, 4) is 10.6 Å². The van der Waals surface area contributed by atoms with Gasteiger partial charge in [0.15, 0.2) is 5.96 Å². The van der Waals surface area contributed by atoms with Gasteiger partial charge in [-0.25, -0.2) is 4.99 Å². The Morgan fingerprint density at radius 2 is 2.05 bits per heavy atom. The highest BCUT2D eigenvalue weighted by Gasteiger charge is 2.15. The van der Waals surface area contributed by atoms with Crippen LogP contribution in [-0.4, -0.2) is 22.2 Å². The van der Waals surface area contributed by atoms with E-state index in [4.69, 9.17) is 5.73 Å². The molecule has 0 aliphatic heterocycles. The molecule has 2 aromatic rings. The monoisotopic (exact) mass is 301 g/mol. The van der Waals surface area contributed by atoms with E-state index in [0.29, 0.717) is 17.1 Å². The zero-order valence-corrected chi connectivity index (χ0v) is 12.9. The first-order chi connectivity index (χ1) is 10.2. The fourth-order valence-corrected chi connectivity index (χ4v) is 3.41. The van der Waals surface area contributed by atoms with Crippen molar-refractivity contribution in [3.63, 3.8) is 0 Å². The predicted octanol–water partition coefficient (Wildman–Crippen LogP) is 3.18. The van der Waals surface area contributed by atoms with Crippen LogP contribution in [0.1, 0.15) is 31.2 Å². The fourth-order valence-electron chi connectivity index (χ4n) is 2.57. The summed E-state index contributed by atoms with van der Waals surface area (Å²) in [5.41, 5.74) is 8.23. The second-order valence-corrected chi connectivity index (χ2v) is 6.28. The molecule has 0 amide bonds. The van der Waals surface area contributed by atoms with Gasteiger partial charge in [-0.05, 0) is 25.3 Å². The summed E-state index contributed by atoms with van der Waals surface area (Å²) in [6.45, 7) is 2.07. The van der Waals surface area contributed by atoms with Crippen molar-refractivity contribution >= 4 is 22.4 Å². The van der Waals surface area contributed by atoms with Gasteiger partial charge in [0.25, 0.3) is 0 Å². The van der Waals surface area contributed by atoms with Crippen LogP contribution >= 0.6 is 11.3 Å². The molecule has 0 radical (unpaired) electrons. The number of anilines is 1. The van der Waals surface area contributed by atoms with Crippen molar-refractivity contribution in [1.82, 2.24) is 10.2 Å². The molecular weight excluding hydrogens is 282 g/mol. The second kappa shape index (κ2) is 6.22. The van der Waals surface area contributed by atoms with E-state index in [0.717, 1.165) is 23.4 Å². The molecular formula is C15H19N5S. The van der Waals surface area contributed by atoms with Crippen molar-refractivity contribution in [1.29, 1.82) is 0 Å². The van der Waals surface area contributed by atoms with Crippen molar-refractivity contribution in [2.45, 2.75) is 38.6 Å². The van der Waals surface area contributed by atoms with Crippen LogP contribution in [0.5, 0.6) is 0 Å². The number of aryl methyl sites for hydroxylation is 1. The number of nitrogens with two attached hydrogens (primary N) is 1. The highest BCUT2D eigenvalue weighted by molar-refractivity contribution is 7.18. The largest absolute Gasteiger partial charge is 0.370 e. The number of hydrogen-bond donors (Lipinski definition) is 2. The number of nitrogens with one attached hydrogen (secondary N) is 1. The lowest BCUT2D eigenvalue weighted by Crippen LogP contribution is -2.24. The van der Waals surface area contributed by atoms with Crippen molar-refractivity contribution < 1.29 is 0 Å². The third-order valence-electron chi connectivity index (χ3n) is 3.68. The van der Waals surface area contributed by atoms with Gasteiger partial charge >= 0.3 is 0 Å². The fraction of sp³-hybridized carbons (Fsp3) is 0.400. The zero-order valence-electron chi connectivity index (χ0n) is 12.0. The third-order valence-corrected chi connectivity index (χ3v) is 4.55. The van der Waals surface area contributed by atoms with E-state index in [9.17, 15) is 0 Å². The molecule has 0 saturated heterocycles. The standard InChI is InChI=1S/C15H19N5S/c1-10-6-2-5-9-12(10)13-19-20-15(21-13)18-14(16)17-11-7-3-4-8-11/h2,5-6,9,11H,3-4,7-8H2,1H3,(H3,16,17,18,20). The molecule has 6 heteroatoms. The Balaban J connectivity index is 1.72. The van der Waals surface area contributed by atoms with Crippen LogP contribution < -0.4 is 11.1 Å². The normalized spacial score (nSPS) is 16.3. The number of rotatable bonds is 3. The molecule has 0 unspecified atom stereocenters. The summed E-state index contributed by atoms with van der Waals surface area (Å²) < 4.78 is 0. The molecule has 1 heterocycles. The van der Waals surface area contributed by atoms with Crippen LogP contribution in [-0.2, 0) is 0 Å². The maximum atomic E-state index is 5.94. The molecule has 3 N–H and O–H groups in total. The van der Waals surface area contributed by atoms with Gasteiger partial charge in [0, 0.05) is 5.56 Å². The number of aliphatic imine (C=N–C) groups is 1. The van der Waals surface area contributed by atoms with Crippen LogP contribution in [0.25, 0.3) is 10.6 Å². The van der Waals surface area contributed by atoms with Gasteiger partial charge in [-0.2, -0.15) is 0 Å². The average molecular weight is 301 g/mol. The maximum Gasteiger partial charge on any atom is 0.212 e. The topological polar surface area (TPSA) is 76.2 Å². The SMILES string of the molecule is Cc1ccccc1-c1nnc(NC(N)=NC2CCCC2)s1. The van der Waals surface area contributed by atoms with Gasteiger partial charge in [0.05, 0.1) is 6.04 Å². The van der Waals surface area contributed by atoms with Gasteiger partial charge in [-0.1, -0.05) is 48.4 Å². The molecule has 0 atom stereocenters. The summed E-state index contributed by atoms with van der Waals surface area (Å²) in [7, 11) is 0. The lowest BCUT2D eigenvalue weighted by molar-refractivity contribution is 0.705. The van der Waals surface area contributed by atoms with E-state index >= 15 is 0 Å². The molecule has 5 nitrogen and oxygen atoms in total. The minimum absolute atomic E-state index is 0.362. The Bertz CT molecular complexity index is 643. The summed E-state index contributed by atoms with van der Waals surface area (Å²) >= 11 is 1.49. The smallest absolute Gasteiger partial charge is 0.212 e. The van der Waals surface area contributed by atoms with Crippen LogP contribution in [0.3, 0.4) is 0 Å². The molecule has 110 valence electrons. The maximum absolute atomic E-state index is 5.94. The molecule has 1 aliphatic rings. The van der Waals surface area contributed by atoms with Gasteiger partial charge < -0.3 is 11.1 Å². The lowest BCUT2D eigenvalue weighted by atomic mass is 10.1. The number of guanidine groups is 1. The Morgan fingerprint density at radius 3 is 2.81 bits per heavy atom. The Morgan fingerprint density at radius 1 is 1.29 bits per heavy atom. The van der Waals surface area contributed by atoms with Crippen molar-refractivity contribution in [2.24, 2.45) is 10.7 Å². The number of nitrogens with zero attached hydrogens (tertiary/aromatic N) is 3. The molecule has 3 rings (SSSR count). The van der Waals surface area contributed by atoms with E-state index in [2.05, 4.69) is 39.6 Å². The first kappa shape index (κ1) is 14.0. The number of benzene rings is 1. The molecule has 1 aliphatic carbocycles. The van der Waals surface area contributed by atoms with Crippen molar-refractivity contribution in [2.75, 3.05) is 5.32 Å². The van der Waals surface area contributed by atoms with Crippen molar-refractivity contribution in [3.05, 3.63) is 29.8 Å². The van der Waals surface area contributed by atoms with E-state index in [-0.39, 0.29) is 0 Å². The van der Waals surface area contributed by atoms with Crippen LogP contribution in [0.2, 0.25) is 0 Å². The minimum atomic E-state index is 0.362. The molecule has 1 fully saturated rings. The van der Waals surface area contributed by atoms with E-state index in [1.165, 1.54) is 29.7 Å². The summed E-state index contributed by atoms with van der Waals surface area (Å²) in [5, 5.41) is 13.0. The van der Waals surface area contributed by atoms with E-state index in [1.807, 2.05) is 12.1 Å². The molecule has 1 aromatic carbocycles. The van der Waals surface area contributed by atoms with E-state index in [1.54, 1.807) is 0 Å². The Labute approximate surface area is 128 Å². The Kier molecular flexibility index (Phi) is 4.15. The first-order valence-electron chi connectivity index (χ1n) is 7.22. The highest BCUT2D eigenvalue weighted by Crippen LogP contribution is 2.28. The van der Waals surface area contributed by atoms with Gasteiger partial charge in [-0.3, -0.25) is 0 Å². The Hall–Kier alpha value is -1.95. The zero-order chi connectivity index (χ0) is 14.7. The summed E-state index contributed by atoms with van der Waals surface area (Å²) in [4.78, 5) is 4.49. The van der Waals surface area contributed by atoms with Gasteiger partial charge in [0.1, 0.15) is 5.01 Å². The van der Waals surface area contributed by atoms with E-state index < -0.39 is 0 Å². The average Bonchev–Trinajstić information content (AvgIpc) is 3.11. The molecule has 21 heavy (non-hydrogen) atoms. The number of aromatic nitrogens is 2. The predicted molar refractivity (Wildman–Crippen MR) is 87.6 cm³/mol. The highest BCUT2D eigenvalue weighted by atomic mass is 32.1. The second-order valence-electron chi connectivity index (χ2n) is 5.30. The molecule has 1 aromatic heterocycles. The first-order valence-corrected chi connectivity index (χ1v) is 8.04. The number of hydrogen-bond acceptors (Lipinski definition) is 4. The lowest BCUT2D eigenvalue weighted by Gasteiger charge is -2.05. The van der Waals surface area contributed by atoms with Gasteiger partial charge in [-0.15, -0.1) is 10.2 Å². The summed E-state index contributed by atoms with van der Waals surface area (Å²) in [6, 6.07) is 8.51. The van der Waals surface area contributed by atoms with Crippen LogP contribution in [0.4, 0.5) is 5.13 Å². The molecule has 1 saturated carbocycles.